The summed E-state index contributed by atoms with van der Waals surface area (Å²) >= 11 is -0.624. The smallest absolute Gasteiger partial charge is 0.147 e. The van der Waals surface area contributed by atoms with Crippen molar-refractivity contribution in [3.8, 4) is 0 Å². The molecule has 0 amide bonds. The van der Waals surface area contributed by atoms with Gasteiger partial charge in [0, 0.05) is 0 Å². The fourth-order valence-corrected chi connectivity index (χ4v) is 3.80. The van der Waals surface area contributed by atoms with Crippen molar-refractivity contribution in [2.75, 3.05) is 0 Å². The first kappa shape index (κ1) is 11.7. The third kappa shape index (κ3) is 10.1. The first-order chi connectivity index (χ1) is 3.06. The summed E-state index contributed by atoms with van der Waals surface area (Å²) in [7, 11) is 0. The maximum atomic E-state index is 3.74. The van der Waals surface area contributed by atoms with Crippen molar-refractivity contribution in [2.24, 2.45) is 0 Å². The average Bonchev–Trinajstić information content (AvgIpc) is 1.30. The maximum Gasteiger partial charge on any atom is -0.147 e. The molecule has 2 heteroatoms. The Labute approximate surface area is 70.6 Å². The number of halogens is 1. The van der Waals surface area contributed by atoms with E-state index in [9.17, 15) is 0 Å². The third-order valence-electron chi connectivity index (χ3n) is 0.757. The van der Waals surface area contributed by atoms with Gasteiger partial charge in [-0.15, -0.1) is 12.4 Å². The Balaban J connectivity index is 0. The van der Waals surface area contributed by atoms with Gasteiger partial charge >= 0.3 is 58.4 Å². The summed E-state index contributed by atoms with van der Waals surface area (Å²) < 4.78 is 2.84. The van der Waals surface area contributed by atoms with Gasteiger partial charge in [0.1, 0.15) is 0 Å². The van der Waals surface area contributed by atoms with Gasteiger partial charge in [0.15, 0.2) is 0 Å². The topological polar surface area (TPSA) is 0 Å². The van der Waals surface area contributed by atoms with E-state index in [4.69, 9.17) is 0 Å². The van der Waals surface area contributed by atoms with Gasteiger partial charge in [-0.05, 0) is 0 Å². The van der Waals surface area contributed by atoms with Crippen molar-refractivity contribution in [2.45, 2.75) is 23.7 Å². The molecule has 0 spiro atoms. The molecular weight excluding hydrogens is 308 g/mol. The van der Waals surface area contributed by atoms with Gasteiger partial charge in [-0.25, -0.2) is 0 Å². The van der Waals surface area contributed by atoms with Gasteiger partial charge in [-0.3, -0.25) is 0 Å². The zero-order valence-corrected chi connectivity index (χ0v) is 12.2. The quantitative estimate of drug-likeness (QED) is 0.652. The van der Waals surface area contributed by atoms with E-state index in [0.717, 1.165) is 0 Å². The molecule has 0 aromatic rings. The summed E-state index contributed by atoms with van der Waals surface area (Å²) in [5.41, 5.74) is 0. The van der Waals surface area contributed by atoms with E-state index in [1.807, 2.05) is 0 Å². The summed E-state index contributed by atoms with van der Waals surface area (Å²) in [6, 6.07) is 0. The average molecular weight is 321 g/mol. The van der Waals surface area contributed by atoms with Crippen LogP contribution in [0.3, 0.4) is 0 Å². The Hall–Kier alpha value is 0.965. The normalized spacial score (nSPS) is 8.88. The molecule has 0 aliphatic heterocycles. The van der Waals surface area contributed by atoms with Crippen LogP contribution in [0.15, 0.2) is 10.2 Å². The second-order valence-electron chi connectivity index (χ2n) is 3.05. The van der Waals surface area contributed by atoms with Crippen molar-refractivity contribution in [1.29, 1.82) is 0 Å². The van der Waals surface area contributed by atoms with Gasteiger partial charge < -0.3 is 0 Å². The van der Waals surface area contributed by atoms with Crippen molar-refractivity contribution in [3.63, 3.8) is 0 Å². The predicted molar refractivity (Wildman–Crippen MR) is 37.2 cm³/mol. The van der Waals surface area contributed by atoms with Crippen molar-refractivity contribution >= 4 is 12.4 Å². The van der Waals surface area contributed by atoms with Crippen LogP contribution < -0.4 is 0 Å². The molecule has 0 bridgehead atoms. The summed E-state index contributed by atoms with van der Waals surface area (Å²) in [4.78, 5) is 0. The molecule has 0 unspecified atom stereocenters. The van der Waals surface area contributed by atoms with E-state index in [0.29, 0.717) is 2.92 Å². The molecule has 46 valence electrons. The number of hydrogen-bond acceptors (Lipinski definition) is 0. The van der Waals surface area contributed by atoms with Crippen molar-refractivity contribution in [1.82, 2.24) is 0 Å². The van der Waals surface area contributed by atoms with Gasteiger partial charge in [-0.1, -0.05) is 0 Å². The molecule has 0 saturated heterocycles. The molecule has 0 fully saturated rings. The van der Waals surface area contributed by atoms with E-state index in [2.05, 4.69) is 30.9 Å². The third-order valence-corrected chi connectivity index (χ3v) is 6.64. The SMILES string of the molecule is C=[CH][Hg][C](C)(C)C.Cl. The Morgan fingerprint density at radius 3 is 1.75 bits per heavy atom. The van der Waals surface area contributed by atoms with Crippen molar-refractivity contribution < 1.29 is 24.6 Å². The van der Waals surface area contributed by atoms with Gasteiger partial charge in [-0.2, -0.15) is 0 Å². The van der Waals surface area contributed by atoms with E-state index in [1.54, 1.807) is 0 Å². The van der Waals surface area contributed by atoms with Crippen LogP contribution >= 0.6 is 12.4 Å². The Morgan fingerprint density at radius 1 is 1.38 bits per heavy atom. The molecule has 0 aliphatic carbocycles. The monoisotopic (exact) mass is 322 g/mol. The summed E-state index contributed by atoms with van der Waals surface area (Å²) in [6.07, 6.45) is 0. The second-order valence-corrected chi connectivity index (χ2v) is 15.1. The van der Waals surface area contributed by atoms with Crippen LogP contribution in [-0.4, -0.2) is 0 Å². The molecule has 0 aromatic heterocycles. The van der Waals surface area contributed by atoms with Crippen LogP contribution in [0.25, 0.3) is 0 Å². The van der Waals surface area contributed by atoms with Crippen LogP contribution in [-0.2, 0) is 24.6 Å². The first-order valence-electron chi connectivity index (χ1n) is 2.67. The number of hydrogen-bond donors (Lipinski definition) is 0. The Morgan fingerprint density at radius 2 is 1.75 bits per heavy atom. The molecule has 0 heterocycles. The molecule has 0 saturated carbocycles. The van der Waals surface area contributed by atoms with E-state index < -0.39 is 24.6 Å². The molecule has 0 nitrogen and oxygen atoms in total. The molecule has 0 aliphatic rings. The molecule has 0 radical (unpaired) electrons. The Kier molecular flexibility index (Phi) is 7.05. The summed E-state index contributed by atoms with van der Waals surface area (Å²) in [5, 5.41) is 0. The van der Waals surface area contributed by atoms with Gasteiger partial charge in [0.25, 0.3) is 0 Å². The molecule has 0 aromatic carbocycles. The molecule has 0 N–H and O–H groups in total. The number of rotatable bonds is 1. The fourth-order valence-electron chi connectivity index (χ4n) is 0.433. The van der Waals surface area contributed by atoms with Crippen LogP contribution in [0.2, 0.25) is 2.92 Å². The fraction of sp³-hybridized carbons (Fsp3) is 0.667. The van der Waals surface area contributed by atoms with Crippen LogP contribution in [0.4, 0.5) is 0 Å². The zero-order valence-electron chi connectivity index (χ0n) is 5.90. The minimum atomic E-state index is -0.624. The summed E-state index contributed by atoms with van der Waals surface area (Å²) in [6.45, 7) is 10.7. The standard InChI is InChI=1S/C4H9.C2H3.ClH.Hg/c1-4(2)3;1-2;;/h1-3H3;1H,2H2;1H;. The molecule has 8 heavy (non-hydrogen) atoms. The second kappa shape index (κ2) is 4.81. The van der Waals surface area contributed by atoms with Gasteiger partial charge in [0.2, 0.25) is 0 Å². The van der Waals surface area contributed by atoms with E-state index >= 15 is 0 Å². The van der Waals surface area contributed by atoms with Crippen LogP contribution in [0, 0.1) is 0 Å². The summed E-state index contributed by atoms with van der Waals surface area (Å²) in [5.74, 6) is 0. The van der Waals surface area contributed by atoms with Crippen LogP contribution in [0.1, 0.15) is 20.8 Å². The van der Waals surface area contributed by atoms with E-state index in [1.165, 1.54) is 0 Å². The van der Waals surface area contributed by atoms with Gasteiger partial charge in [0.05, 0.1) is 0 Å². The maximum absolute atomic E-state index is 3.74. The molecule has 0 atom stereocenters. The molecular formula is C6H13ClHg. The van der Waals surface area contributed by atoms with E-state index in [-0.39, 0.29) is 12.4 Å². The minimum Gasteiger partial charge on any atom is -0.147 e. The zero-order chi connectivity index (χ0) is 5.91. The largest absolute Gasteiger partial charge is 0.147 e. The minimum absolute atomic E-state index is 0. The molecule has 0 rings (SSSR count). The predicted octanol–water partition coefficient (Wildman–Crippen LogP) is 2.85. The first-order valence-corrected chi connectivity index (χ1v) is 8.59. The van der Waals surface area contributed by atoms with Crippen LogP contribution in [0.5, 0.6) is 0 Å². The van der Waals surface area contributed by atoms with Crippen molar-refractivity contribution in [3.05, 3.63) is 10.2 Å². The Bertz CT molecular complexity index is 63.4.